The number of nitrogen functional groups attached to an aromatic ring is 1. The van der Waals surface area contributed by atoms with E-state index in [1.807, 2.05) is 19.1 Å². The van der Waals surface area contributed by atoms with E-state index in [1.54, 1.807) is 12.1 Å². The van der Waals surface area contributed by atoms with Gasteiger partial charge in [-0.3, -0.25) is 5.41 Å². The average molecular weight is 221 g/mol. The van der Waals surface area contributed by atoms with Crippen LogP contribution < -0.4 is 11.1 Å². The summed E-state index contributed by atoms with van der Waals surface area (Å²) in [4.78, 5) is 10.5. The molecule has 1 unspecified atom stereocenters. The fourth-order valence-electron chi connectivity index (χ4n) is 1.31. The summed E-state index contributed by atoms with van der Waals surface area (Å²) in [5.41, 5.74) is 6.78. The summed E-state index contributed by atoms with van der Waals surface area (Å²) in [6, 6.07) is 7.05. The van der Waals surface area contributed by atoms with E-state index in [4.69, 9.17) is 16.2 Å². The zero-order chi connectivity index (χ0) is 12.1. The Morgan fingerprint density at radius 2 is 2.06 bits per heavy atom. The highest BCUT2D eigenvalue weighted by atomic mass is 16.4. The first kappa shape index (κ1) is 12.0. The first-order valence-corrected chi connectivity index (χ1v) is 4.92. The van der Waals surface area contributed by atoms with E-state index in [1.165, 1.54) is 0 Å². The average Bonchev–Trinajstić information content (AvgIpc) is 2.21. The van der Waals surface area contributed by atoms with E-state index in [0.29, 0.717) is 5.69 Å². The zero-order valence-corrected chi connectivity index (χ0v) is 9.03. The fourth-order valence-corrected chi connectivity index (χ4v) is 1.31. The predicted molar refractivity (Wildman–Crippen MR) is 63.9 cm³/mol. The van der Waals surface area contributed by atoms with E-state index < -0.39 is 5.97 Å². The van der Waals surface area contributed by atoms with Gasteiger partial charge in [0.2, 0.25) is 0 Å². The van der Waals surface area contributed by atoms with Crippen molar-refractivity contribution in [1.29, 1.82) is 5.41 Å². The molecule has 0 bridgehead atoms. The van der Waals surface area contributed by atoms with Crippen LogP contribution in [0.1, 0.15) is 13.3 Å². The maximum atomic E-state index is 10.5. The fraction of sp³-hybridized carbons (Fsp3) is 0.273. The van der Waals surface area contributed by atoms with Gasteiger partial charge in [-0.15, -0.1) is 0 Å². The smallest absolute Gasteiger partial charge is 0.349 e. The van der Waals surface area contributed by atoms with Crippen molar-refractivity contribution in [3.8, 4) is 0 Å². The largest absolute Gasteiger partial charge is 0.477 e. The lowest BCUT2D eigenvalue weighted by Crippen LogP contribution is -2.23. The van der Waals surface area contributed by atoms with Crippen LogP contribution in [0, 0.1) is 5.41 Å². The molecule has 0 aliphatic rings. The quantitative estimate of drug-likeness (QED) is 0.448. The number of carboxylic acids is 1. The molecule has 0 fully saturated rings. The molecule has 0 saturated heterocycles. The Balaban J connectivity index is 2.51. The van der Waals surface area contributed by atoms with Crippen LogP contribution in [0.4, 0.5) is 11.4 Å². The van der Waals surface area contributed by atoms with Gasteiger partial charge in [0.25, 0.3) is 0 Å². The molecule has 5 N–H and O–H groups in total. The Kier molecular flexibility index (Phi) is 3.88. The molecule has 0 aromatic heterocycles. The molecule has 0 aliphatic carbocycles. The lowest BCUT2D eigenvalue weighted by atomic mass is 10.1. The van der Waals surface area contributed by atoms with Crippen molar-refractivity contribution in [2.24, 2.45) is 0 Å². The summed E-state index contributed by atoms with van der Waals surface area (Å²) in [6.45, 7) is 1.83. The number of benzene rings is 1. The number of aliphatic carboxylic acids is 1. The Labute approximate surface area is 93.8 Å². The minimum Gasteiger partial charge on any atom is -0.477 e. The first-order valence-electron chi connectivity index (χ1n) is 4.92. The minimum atomic E-state index is -1.18. The second kappa shape index (κ2) is 5.16. The number of carbonyl (C=O) groups is 1. The third-order valence-electron chi connectivity index (χ3n) is 2.09. The lowest BCUT2D eigenvalue weighted by Gasteiger charge is -2.14. The number of hydrogen-bond donors (Lipinski definition) is 4. The highest BCUT2D eigenvalue weighted by molar-refractivity contribution is 6.34. The van der Waals surface area contributed by atoms with Gasteiger partial charge in [-0.25, -0.2) is 4.79 Å². The van der Waals surface area contributed by atoms with Crippen LogP contribution in [-0.4, -0.2) is 22.8 Å². The lowest BCUT2D eigenvalue weighted by molar-refractivity contribution is -0.129. The van der Waals surface area contributed by atoms with Crippen molar-refractivity contribution in [3.63, 3.8) is 0 Å². The van der Waals surface area contributed by atoms with Crippen LogP contribution in [-0.2, 0) is 4.79 Å². The molecule has 0 radical (unpaired) electrons. The monoisotopic (exact) mass is 221 g/mol. The van der Waals surface area contributed by atoms with Crippen LogP contribution in [0.5, 0.6) is 0 Å². The Hall–Kier alpha value is -2.04. The maximum Gasteiger partial charge on any atom is 0.349 e. The van der Waals surface area contributed by atoms with Gasteiger partial charge >= 0.3 is 5.97 Å². The molecule has 86 valence electrons. The van der Waals surface area contributed by atoms with E-state index in [0.717, 1.165) is 5.69 Å². The third-order valence-corrected chi connectivity index (χ3v) is 2.09. The second-order valence-electron chi connectivity index (χ2n) is 3.66. The van der Waals surface area contributed by atoms with Crippen LogP contribution in [0.15, 0.2) is 24.3 Å². The Morgan fingerprint density at radius 3 is 2.56 bits per heavy atom. The summed E-state index contributed by atoms with van der Waals surface area (Å²) < 4.78 is 0. The minimum absolute atomic E-state index is 0.104. The molecule has 5 heteroatoms. The van der Waals surface area contributed by atoms with Gasteiger partial charge in [-0.2, -0.15) is 0 Å². The van der Waals surface area contributed by atoms with Gasteiger partial charge in [0.05, 0.1) is 0 Å². The molecule has 0 heterocycles. The van der Waals surface area contributed by atoms with Gasteiger partial charge in [-0.05, 0) is 31.2 Å². The standard InChI is InChI=1S/C11H15N3O2/c1-7(6-10(13)11(15)16)14-9-4-2-8(12)3-5-9/h2-5,7,13-14H,6,12H2,1H3,(H,15,16). The summed E-state index contributed by atoms with van der Waals surface area (Å²) in [5, 5.41) is 18.9. The number of rotatable bonds is 5. The highest BCUT2D eigenvalue weighted by Crippen LogP contribution is 2.12. The zero-order valence-electron chi connectivity index (χ0n) is 9.03. The molecule has 1 aromatic carbocycles. The molecule has 0 saturated carbocycles. The molecule has 0 amide bonds. The number of nitrogens with two attached hydrogens (primary N) is 1. The van der Waals surface area contributed by atoms with Crippen molar-refractivity contribution in [2.45, 2.75) is 19.4 Å². The molecular formula is C11H15N3O2. The van der Waals surface area contributed by atoms with E-state index in [2.05, 4.69) is 5.32 Å². The molecule has 5 nitrogen and oxygen atoms in total. The van der Waals surface area contributed by atoms with Gasteiger partial charge < -0.3 is 16.2 Å². The molecule has 1 atom stereocenters. The highest BCUT2D eigenvalue weighted by Gasteiger charge is 2.11. The van der Waals surface area contributed by atoms with Gasteiger partial charge in [0, 0.05) is 23.8 Å². The van der Waals surface area contributed by atoms with Crippen molar-refractivity contribution >= 4 is 23.1 Å². The van der Waals surface area contributed by atoms with Crippen LogP contribution in [0.2, 0.25) is 0 Å². The first-order chi connectivity index (χ1) is 7.49. The number of nitrogens with one attached hydrogen (secondary N) is 2. The van der Waals surface area contributed by atoms with Gasteiger partial charge in [0.15, 0.2) is 0 Å². The van der Waals surface area contributed by atoms with Crippen LogP contribution in [0.3, 0.4) is 0 Å². The summed E-state index contributed by atoms with van der Waals surface area (Å²) in [6.07, 6.45) is 0.180. The van der Waals surface area contributed by atoms with E-state index in [9.17, 15) is 4.79 Å². The van der Waals surface area contributed by atoms with Crippen LogP contribution in [0.25, 0.3) is 0 Å². The summed E-state index contributed by atoms with van der Waals surface area (Å²) >= 11 is 0. The van der Waals surface area contributed by atoms with Crippen molar-refractivity contribution in [1.82, 2.24) is 0 Å². The molecule has 16 heavy (non-hydrogen) atoms. The Morgan fingerprint density at radius 1 is 1.50 bits per heavy atom. The number of anilines is 2. The van der Waals surface area contributed by atoms with Crippen molar-refractivity contribution in [3.05, 3.63) is 24.3 Å². The third kappa shape index (κ3) is 3.61. The van der Waals surface area contributed by atoms with E-state index >= 15 is 0 Å². The van der Waals surface area contributed by atoms with E-state index in [-0.39, 0.29) is 18.2 Å². The van der Waals surface area contributed by atoms with Gasteiger partial charge in [-0.1, -0.05) is 0 Å². The summed E-state index contributed by atoms with van der Waals surface area (Å²) in [5.74, 6) is -1.18. The molecule has 0 aliphatic heterocycles. The summed E-state index contributed by atoms with van der Waals surface area (Å²) in [7, 11) is 0. The van der Waals surface area contributed by atoms with Crippen LogP contribution >= 0.6 is 0 Å². The second-order valence-corrected chi connectivity index (χ2v) is 3.66. The molecule has 0 spiro atoms. The number of carboxylic acid groups (broad SMARTS) is 1. The topological polar surface area (TPSA) is 99.2 Å². The predicted octanol–water partition coefficient (Wildman–Crippen LogP) is 1.56. The van der Waals surface area contributed by atoms with Gasteiger partial charge in [0.1, 0.15) is 5.71 Å². The van der Waals surface area contributed by atoms with Crippen molar-refractivity contribution in [2.75, 3.05) is 11.1 Å². The normalized spacial score (nSPS) is 11.8. The van der Waals surface area contributed by atoms with Crippen molar-refractivity contribution < 1.29 is 9.90 Å². The Bertz CT molecular complexity index is 387. The number of hydrogen-bond acceptors (Lipinski definition) is 4. The molecule has 1 rings (SSSR count). The molecular weight excluding hydrogens is 206 g/mol. The maximum absolute atomic E-state index is 10.5. The molecule has 1 aromatic rings. The SMILES string of the molecule is CC(CC(=N)C(=O)O)Nc1ccc(N)cc1.